The molecular weight excluding hydrogens is 418 g/mol. The average molecular weight is 438 g/mol. The minimum Gasteiger partial charge on any atom is -0.352 e. The van der Waals surface area contributed by atoms with Gasteiger partial charge in [-0.2, -0.15) is 4.31 Å². The molecular formula is C18H20BrN3O3S. The van der Waals surface area contributed by atoms with E-state index in [1.807, 2.05) is 12.1 Å². The number of rotatable bonds is 6. The highest BCUT2D eigenvalue weighted by molar-refractivity contribution is 9.10. The zero-order chi connectivity index (χ0) is 18.6. The summed E-state index contributed by atoms with van der Waals surface area (Å²) in [6.45, 7) is 1.51. The van der Waals surface area contributed by atoms with Crippen LogP contribution in [0.25, 0.3) is 0 Å². The van der Waals surface area contributed by atoms with Gasteiger partial charge in [0.2, 0.25) is 10.0 Å². The number of hydrogen-bond acceptors (Lipinski definition) is 4. The van der Waals surface area contributed by atoms with E-state index in [9.17, 15) is 13.2 Å². The van der Waals surface area contributed by atoms with Crippen LogP contribution in [0.1, 0.15) is 28.8 Å². The Bertz CT molecular complexity index is 882. The second kappa shape index (κ2) is 8.28. The van der Waals surface area contributed by atoms with Crippen molar-refractivity contribution in [2.24, 2.45) is 0 Å². The number of nitrogens with one attached hydrogen (secondary N) is 1. The number of halogens is 1. The number of pyridine rings is 1. The van der Waals surface area contributed by atoms with Crippen LogP contribution >= 0.6 is 15.9 Å². The van der Waals surface area contributed by atoms with E-state index in [-0.39, 0.29) is 10.8 Å². The molecule has 6 nitrogen and oxygen atoms in total. The highest BCUT2D eigenvalue weighted by Gasteiger charge is 2.28. The van der Waals surface area contributed by atoms with Crippen LogP contribution in [-0.2, 0) is 16.4 Å². The van der Waals surface area contributed by atoms with E-state index in [0.29, 0.717) is 36.1 Å². The number of sulfonamides is 1. The van der Waals surface area contributed by atoms with Crippen LogP contribution in [0.2, 0.25) is 0 Å². The molecule has 0 atom stereocenters. The summed E-state index contributed by atoms with van der Waals surface area (Å²) < 4.78 is 27.4. The van der Waals surface area contributed by atoms with Crippen LogP contribution in [0, 0.1) is 0 Å². The molecule has 1 amide bonds. The molecule has 0 bridgehead atoms. The van der Waals surface area contributed by atoms with Gasteiger partial charge in [-0.05, 0) is 65.0 Å². The van der Waals surface area contributed by atoms with E-state index < -0.39 is 10.0 Å². The summed E-state index contributed by atoms with van der Waals surface area (Å²) in [6, 6.07) is 8.37. The second-order valence-electron chi connectivity index (χ2n) is 6.12. The Morgan fingerprint density at radius 1 is 1.23 bits per heavy atom. The van der Waals surface area contributed by atoms with Crippen molar-refractivity contribution < 1.29 is 13.2 Å². The van der Waals surface area contributed by atoms with Crippen molar-refractivity contribution in [3.8, 4) is 0 Å². The van der Waals surface area contributed by atoms with Gasteiger partial charge in [-0.25, -0.2) is 8.42 Å². The van der Waals surface area contributed by atoms with Gasteiger partial charge in [0.25, 0.3) is 5.91 Å². The maximum atomic E-state index is 12.7. The second-order valence-corrected chi connectivity index (χ2v) is 8.91. The van der Waals surface area contributed by atoms with E-state index in [1.54, 1.807) is 18.5 Å². The molecule has 0 spiro atoms. The third-order valence-electron chi connectivity index (χ3n) is 4.31. The Morgan fingerprint density at radius 2 is 2.00 bits per heavy atom. The van der Waals surface area contributed by atoms with E-state index in [2.05, 4.69) is 26.2 Å². The molecule has 1 aromatic heterocycles. The van der Waals surface area contributed by atoms with E-state index >= 15 is 0 Å². The average Bonchev–Trinajstić information content (AvgIpc) is 3.18. The van der Waals surface area contributed by atoms with Crippen LogP contribution < -0.4 is 5.32 Å². The summed E-state index contributed by atoms with van der Waals surface area (Å²) in [5.41, 5.74) is 1.34. The van der Waals surface area contributed by atoms with Crippen molar-refractivity contribution in [3.63, 3.8) is 0 Å². The van der Waals surface area contributed by atoms with Crippen LogP contribution in [0.15, 0.2) is 52.1 Å². The molecule has 2 aromatic rings. The summed E-state index contributed by atoms with van der Waals surface area (Å²) in [5, 5.41) is 2.83. The van der Waals surface area contributed by atoms with Crippen molar-refractivity contribution in [3.05, 3.63) is 58.3 Å². The molecule has 0 aliphatic carbocycles. The van der Waals surface area contributed by atoms with Crippen molar-refractivity contribution in [2.45, 2.75) is 24.2 Å². The van der Waals surface area contributed by atoms with E-state index in [4.69, 9.17) is 0 Å². The Labute approximate surface area is 161 Å². The summed E-state index contributed by atoms with van der Waals surface area (Å²) in [6.07, 6.45) is 5.86. The number of benzene rings is 1. The molecule has 1 aliphatic heterocycles. The number of carbonyl (C=O) groups excluding carboxylic acids is 1. The maximum absolute atomic E-state index is 12.7. The molecule has 1 saturated heterocycles. The lowest BCUT2D eigenvalue weighted by Gasteiger charge is -2.16. The van der Waals surface area contributed by atoms with Crippen molar-refractivity contribution in [1.82, 2.24) is 14.6 Å². The lowest BCUT2D eigenvalue weighted by atomic mass is 10.2. The monoisotopic (exact) mass is 437 g/mol. The van der Waals surface area contributed by atoms with Gasteiger partial charge in [-0.15, -0.1) is 0 Å². The summed E-state index contributed by atoms with van der Waals surface area (Å²) >= 11 is 3.34. The number of aromatic nitrogens is 1. The SMILES string of the molecule is O=C(NCCc1cccnc1)c1cc(S(=O)(=O)N2CCCC2)ccc1Br. The Balaban J connectivity index is 1.71. The lowest BCUT2D eigenvalue weighted by molar-refractivity contribution is 0.0953. The standard InChI is InChI=1S/C18H20BrN3O3S/c19-17-6-5-15(26(24,25)22-10-1-2-11-22)12-16(17)18(23)21-9-7-14-4-3-8-20-13-14/h3-6,8,12-13H,1-2,7,9-11H2,(H,21,23). The van der Waals surface area contributed by atoms with Crippen molar-refractivity contribution in [2.75, 3.05) is 19.6 Å². The molecule has 1 aromatic carbocycles. The first-order valence-corrected chi connectivity index (χ1v) is 10.7. The predicted molar refractivity (Wildman–Crippen MR) is 102 cm³/mol. The van der Waals surface area contributed by atoms with Gasteiger partial charge in [0.15, 0.2) is 0 Å². The number of nitrogens with zero attached hydrogens (tertiary/aromatic N) is 2. The molecule has 1 aliphatic rings. The molecule has 1 N–H and O–H groups in total. The van der Waals surface area contributed by atoms with Gasteiger partial charge < -0.3 is 5.32 Å². The van der Waals surface area contributed by atoms with Gasteiger partial charge in [-0.1, -0.05) is 6.07 Å². The van der Waals surface area contributed by atoms with Gasteiger partial charge in [-0.3, -0.25) is 9.78 Å². The molecule has 1 fully saturated rings. The zero-order valence-electron chi connectivity index (χ0n) is 14.2. The molecule has 0 unspecified atom stereocenters. The molecule has 0 saturated carbocycles. The van der Waals surface area contributed by atoms with Crippen molar-refractivity contribution >= 4 is 31.9 Å². The van der Waals surface area contributed by atoms with Gasteiger partial charge in [0, 0.05) is 36.5 Å². The Morgan fingerprint density at radius 3 is 2.69 bits per heavy atom. The number of amides is 1. The first-order valence-electron chi connectivity index (χ1n) is 8.45. The quantitative estimate of drug-likeness (QED) is 0.752. The topological polar surface area (TPSA) is 79.4 Å². The van der Waals surface area contributed by atoms with Crippen LogP contribution in [0.5, 0.6) is 0 Å². The molecule has 138 valence electrons. The first-order chi connectivity index (χ1) is 12.5. The van der Waals surface area contributed by atoms with Crippen molar-refractivity contribution in [1.29, 1.82) is 0 Å². The van der Waals surface area contributed by atoms with Gasteiger partial charge >= 0.3 is 0 Å². The fourth-order valence-electron chi connectivity index (χ4n) is 2.88. The lowest BCUT2D eigenvalue weighted by Crippen LogP contribution is -2.29. The molecule has 26 heavy (non-hydrogen) atoms. The maximum Gasteiger partial charge on any atom is 0.252 e. The number of hydrogen-bond donors (Lipinski definition) is 1. The molecule has 0 radical (unpaired) electrons. The first kappa shape index (κ1) is 19.0. The Hall–Kier alpha value is -1.77. The van der Waals surface area contributed by atoms with Gasteiger partial charge in [0.1, 0.15) is 0 Å². The zero-order valence-corrected chi connectivity index (χ0v) is 16.6. The minimum atomic E-state index is -3.55. The Kier molecular flexibility index (Phi) is 6.05. The summed E-state index contributed by atoms with van der Waals surface area (Å²) in [5.74, 6) is -0.306. The fourth-order valence-corrected chi connectivity index (χ4v) is 4.85. The molecule has 3 rings (SSSR count). The van der Waals surface area contributed by atoms with Crippen LogP contribution in [-0.4, -0.2) is 43.2 Å². The number of carbonyl (C=O) groups is 1. The van der Waals surface area contributed by atoms with Gasteiger partial charge in [0.05, 0.1) is 10.5 Å². The minimum absolute atomic E-state index is 0.153. The largest absolute Gasteiger partial charge is 0.352 e. The van der Waals surface area contributed by atoms with E-state index in [0.717, 1.165) is 18.4 Å². The van der Waals surface area contributed by atoms with E-state index in [1.165, 1.54) is 16.4 Å². The predicted octanol–water partition coefficient (Wildman–Crippen LogP) is 2.60. The van der Waals surface area contributed by atoms with Crippen LogP contribution in [0.3, 0.4) is 0 Å². The molecule has 8 heteroatoms. The smallest absolute Gasteiger partial charge is 0.252 e. The highest BCUT2D eigenvalue weighted by Crippen LogP contribution is 2.25. The third kappa shape index (κ3) is 4.31. The summed E-state index contributed by atoms with van der Waals surface area (Å²) in [7, 11) is -3.55. The third-order valence-corrected chi connectivity index (χ3v) is 6.89. The van der Waals surface area contributed by atoms with Crippen LogP contribution in [0.4, 0.5) is 0 Å². The summed E-state index contributed by atoms with van der Waals surface area (Å²) in [4.78, 5) is 16.7. The fraction of sp³-hybridized carbons (Fsp3) is 0.333. The highest BCUT2D eigenvalue weighted by atomic mass is 79.9. The molecule has 2 heterocycles. The normalized spacial score (nSPS) is 15.1.